The molecule has 6 nitrogen and oxygen atoms in total. The SMILES string of the molecule is CN(N)/C(CNS(=O)c1ccccc1)=C(\N)c1ccc(OC2CCCCC2)cc1. The Balaban J connectivity index is 1.67. The van der Waals surface area contributed by atoms with E-state index in [1.807, 2.05) is 54.6 Å². The van der Waals surface area contributed by atoms with E-state index >= 15 is 0 Å². The van der Waals surface area contributed by atoms with Crippen molar-refractivity contribution in [3.8, 4) is 5.75 Å². The van der Waals surface area contributed by atoms with E-state index in [9.17, 15) is 4.21 Å². The number of hydrogen-bond acceptors (Lipinski definition) is 5. The van der Waals surface area contributed by atoms with Gasteiger partial charge < -0.3 is 15.5 Å². The molecule has 0 saturated heterocycles. The van der Waals surface area contributed by atoms with Crippen LogP contribution in [0.3, 0.4) is 0 Å². The minimum atomic E-state index is -1.34. The molecule has 0 spiro atoms. The third kappa shape index (κ3) is 6.06. The topological polar surface area (TPSA) is 93.6 Å². The summed E-state index contributed by atoms with van der Waals surface area (Å²) in [5.74, 6) is 6.85. The van der Waals surface area contributed by atoms with Crippen LogP contribution < -0.4 is 21.0 Å². The molecule has 1 saturated carbocycles. The van der Waals surface area contributed by atoms with E-state index < -0.39 is 11.0 Å². The highest BCUT2D eigenvalue weighted by molar-refractivity contribution is 7.83. The van der Waals surface area contributed by atoms with Gasteiger partial charge in [-0.05, 0) is 67.6 Å². The first-order valence-corrected chi connectivity index (χ1v) is 11.1. The Bertz CT molecular complexity index is 832. The minimum absolute atomic E-state index is 0.278. The third-order valence-corrected chi connectivity index (χ3v) is 6.19. The van der Waals surface area contributed by atoms with Crippen molar-refractivity contribution in [2.75, 3.05) is 13.6 Å². The van der Waals surface area contributed by atoms with Gasteiger partial charge in [-0.15, -0.1) is 0 Å². The molecule has 7 heteroatoms. The van der Waals surface area contributed by atoms with Crippen LogP contribution in [0.4, 0.5) is 0 Å². The molecule has 1 fully saturated rings. The van der Waals surface area contributed by atoms with E-state index in [1.54, 1.807) is 7.05 Å². The van der Waals surface area contributed by atoms with Crippen molar-refractivity contribution in [2.45, 2.75) is 43.1 Å². The maximum atomic E-state index is 12.4. The van der Waals surface area contributed by atoms with E-state index in [0.29, 0.717) is 22.4 Å². The molecule has 5 N–H and O–H groups in total. The molecule has 0 amide bonds. The number of nitrogens with one attached hydrogen (secondary N) is 1. The van der Waals surface area contributed by atoms with Gasteiger partial charge in [0.1, 0.15) is 16.7 Å². The molecule has 2 aromatic carbocycles. The number of hydrogen-bond donors (Lipinski definition) is 3. The Morgan fingerprint density at radius 3 is 2.38 bits per heavy atom. The zero-order valence-corrected chi connectivity index (χ0v) is 17.7. The van der Waals surface area contributed by atoms with Crippen molar-refractivity contribution in [2.24, 2.45) is 11.6 Å². The van der Waals surface area contributed by atoms with Gasteiger partial charge in [-0.2, -0.15) is 0 Å². The van der Waals surface area contributed by atoms with Crippen molar-refractivity contribution in [1.82, 2.24) is 9.73 Å². The van der Waals surface area contributed by atoms with Crippen molar-refractivity contribution >= 4 is 16.7 Å². The van der Waals surface area contributed by atoms with E-state index in [1.165, 1.54) is 24.3 Å². The number of nitrogens with two attached hydrogens (primary N) is 2. The lowest BCUT2D eigenvalue weighted by Gasteiger charge is -2.23. The zero-order valence-electron chi connectivity index (χ0n) is 16.8. The van der Waals surface area contributed by atoms with E-state index in [4.69, 9.17) is 16.3 Å². The molecule has 0 heterocycles. The Hall–Kier alpha value is -2.35. The standard InChI is InChI=1S/C22H30N4O2S/c1-26(24)21(16-25-29(27)20-10-6-3-7-11-20)22(23)17-12-14-19(15-13-17)28-18-8-4-2-5-9-18/h3,6-7,10-15,18,25H,2,4-5,8-9,16,23-24H2,1H3/b22-21-. The maximum Gasteiger partial charge on any atom is 0.125 e. The fourth-order valence-corrected chi connectivity index (χ4v) is 4.27. The summed E-state index contributed by atoms with van der Waals surface area (Å²) in [6.07, 6.45) is 6.33. The normalized spacial score (nSPS) is 16.8. The Morgan fingerprint density at radius 1 is 1.10 bits per heavy atom. The minimum Gasteiger partial charge on any atom is -0.490 e. The van der Waals surface area contributed by atoms with Crippen molar-refractivity contribution in [3.63, 3.8) is 0 Å². The summed E-state index contributed by atoms with van der Waals surface area (Å²) in [6, 6.07) is 17.0. The number of benzene rings is 2. The number of rotatable bonds is 8. The van der Waals surface area contributed by atoms with Crippen LogP contribution in [0.1, 0.15) is 37.7 Å². The monoisotopic (exact) mass is 414 g/mol. The predicted molar refractivity (Wildman–Crippen MR) is 118 cm³/mol. The fraction of sp³-hybridized carbons (Fsp3) is 0.364. The molecule has 156 valence electrons. The molecule has 1 aliphatic rings. The van der Waals surface area contributed by atoms with Crippen LogP contribution in [0.25, 0.3) is 5.70 Å². The van der Waals surface area contributed by atoms with Gasteiger partial charge >= 0.3 is 0 Å². The van der Waals surface area contributed by atoms with Gasteiger partial charge in [0.25, 0.3) is 0 Å². The molecule has 1 aliphatic carbocycles. The first-order valence-electron chi connectivity index (χ1n) is 9.99. The molecule has 0 radical (unpaired) electrons. The van der Waals surface area contributed by atoms with Gasteiger partial charge in [0.05, 0.1) is 28.9 Å². The summed E-state index contributed by atoms with van der Waals surface area (Å²) in [7, 11) is 0.375. The van der Waals surface area contributed by atoms with Crippen LogP contribution >= 0.6 is 0 Å². The van der Waals surface area contributed by atoms with Crippen molar-refractivity contribution in [1.29, 1.82) is 0 Å². The predicted octanol–water partition coefficient (Wildman–Crippen LogP) is 3.14. The zero-order chi connectivity index (χ0) is 20.6. The molecule has 3 rings (SSSR count). The lowest BCUT2D eigenvalue weighted by atomic mass is 9.98. The second-order valence-corrected chi connectivity index (χ2v) is 8.57. The van der Waals surface area contributed by atoms with Crippen molar-refractivity contribution in [3.05, 3.63) is 65.9 Å². The largest absolute Gasteiger partial charge is 0.490 e. The fourth-order valence-electron chi connectivity index (χ4n) is 3.43. The summed E-state index contributed by atoms with van der Waals surface area (Å²) < 4.78 is 21.5. The second-order valence-electron chi connectivity index (χ2n) is 7.28. The van der Waals surface area contributed by atoms with Crippen molar-refractivity contribution < 1.29 is 8.95 Å². The highest BCUT2D eigenvalue weighted by Crippen LogP contribution is 2.25. The molecule has 0 aliphatic heterocycles. The van der Waals surface area contributed by atoms with Crippen LogP contribution in [0.15, 0.2) is 65.2 Å². The van der Waals surface area contributed by atoms with E-state index in [2.05, 4.69) is 4.72 Å². The molecular formula is C22H30N4O2S. The lowest BCUT2D eigenvalue weighted by Crippen LogP contribution is -2.34. The smallest absolute Gasteiger partial charge is 0.125 e. The first-order chi connectivity index (χ1) is 14.0. The highest BCUT2D eigenvalue weighted by Gasteiger charge is 2.15. The molecule has 1 unspecified atom stereocenters. The number of ether oxygens (including phenoxy) is 1. The molecular weight excluding hydrogens is 384 g/mol. The summed E-state index contributed by atoms with van der Waals surface area (Å²) >= 11 is 0. The number of hydrazine groups is 1. The Labute approximate surface area is 175 Å². The summed E-state index contributed by atoms with van der Waals surface area (Å²) in [5.41, 5.74) is 8.43. The molecule has 0 aromatic heterocycles. The average Bonchev–Trinajstić information content (AvgIpc) is 2.75. The lowest BCUT2D eigenvalue weighted by molar-refractivity contribution is 0.155. The number of nitrogens with zero attached hydrogens (tertiary/aromatic N) is 1. The summed E-state index contributed by atoms with van der Waals surface area (Å²) in [4.78, 5) is 0.703. The Morgan fingerprint density at radius 2 is 1.76 bits per heavy atom. The van der Waals surface area contributed by atoms with Gasteiger partial charge in [-0.25, -0.2) is 14.8 Å². The summed E-state index contributed by atoms with van der Waals surface area (Å²) in [5, 5.41) is 1.46. The van der Waals surface area contributed by atoms with Gasteiger partial charge in [-0.1, -0.05) is 24.6 Å². The van der Waals surface area contributed by atoms with Gasteiger partial charge in [0, 0.05) is 7.05 Å². The first kappa shape index (κ1) is 21.4. The van der Waals surface area contributed by atoms with Gasteiger partial charge in [-0.3, -0.25) is 0 Å². The van der Waals surface area contributed by atoms with Gasteiger partial charge in [0.15, 0.2) is 0 Å². The van der Waals surface area contributed by atoms with E-state index in [0.717, 1.165) is 24.2 Å². The Kier molecular flexibility index (Phi) is 7.69. The second kappa shape index (κ2) is 10.4. The number of likely N-dealkylation sites (N-methyl/N-ethyl adjacent to an activating group) is 1. The summed E-state index contributed by atoms with van der Waals surface area (Å²) in [6.45, 7) is 0.278. The van der Waals surface area contributed by atoms with Crippen LogP contribution in [0, 0.1) is 0 Å². The van der Waals surface area contributed by atoms with Crippen LogP contribution in [0.5, 0.6) is 5.75 Å². The molecule has 0 bridgehead atoms. The van der Waals surface area contributed by atoms with Crippen LogP contribution in [-0.4, -0.2) is 28.9 Å². The van der Waals surface area contributed by atoms with Gasteiger partial charge in [0.2, 0.25) is 0 Å². The maximum absolute atomic E-state index is 12.4. The highest BCUT2D eigenvalue weighted by atomic mass is 32.2. The van der Waals surface area contributed by atoms with Crippen LogP contribution in [-0.2, 0) is 11.0 Å². The molecule has 1 atom stereocenters. The molecule has 2 aromatic rings. The van der Waals surface area contributed by atoms with Crippen LogP contribution in [0.2, 0.25) is 0 Å². The average molecular weight is 415 g/mol. The quantitative estimate of drug-likeness (QED) is 0.456. The van der Waals surface area contributed by atoms with E-state index in [-0.39, 0.29) is 6.54 Å². The molecule has 29 heavy (non-hydrogen) atoms. The third-order valence-electron chi connectivity index (χ3n) is 5.08.